The molecule has 0 saturated carbocycles. The second kappa shape index (κ2) is 5.29. The summed E-state index contributed by atoms with van der Waals surface area (Å²) >= 11 is 6.11. The fraction of sp³-hybridized carbons (Fsp3) is 0.500. The number of benzene rings is 1. The maximum Gasteiger partial charge on any atom is 0.242 e. The summed E-state index contributed by atoms with van der Waals surface area (Å²) in [5, 5.41) is 4.00. The van der Waals surface area contributed by atoms with Gasteiger partial charge in [0.15, 0.2) is 0 Å². The van der Waals surface area contributed by atoms with Gasteiger partial charge in [0.05, 0.1) is 5.54 Å². The van der Waals surface area contributed by atoms with Crippen LogP contribution < -0.4 is 5.32 Å². The van der Waals surface area contributed by atoms with Crippen LogP contribution in [0, 0.1) is 0 Å². The van der Waals surface area contributed by atoms with E-state index in [4.69, 9.17) is 11.6 Å². The highest BCUT2D eigenvalue weighted by molar-refractivity contribution is 6.31. The molecule has 4 heteroatoms. The van der Waals surface area contributed by atoms with Gasteiger partial charge in [-0.2, -0.15) is 0 Å². The summed E-state index contributed by atoms with van der Waals surface area (Å²) in [6, 6.07) is 7.64. The number of hydrogen-bond acceptors (Lipinski definition) is 2. The molecule has 1 amide bonds. The number of carbonyl (C=O) groups excluding carboxylic acids is 1. The molecule has 1 unspecified atom stereocenters. The predicted molar refractivity (Wildman–Crippen MR) is 73.6 cm³/mol. The molecule has 0 radical (unpaired) electrons. The van der Waals surface area contributed by atoms with Crippen molar-refractivity contribution in [1.29, 1.82) is 0 Å². The molecule has 1 aliphatic heterocycles. The molecule has 2 rings (SSSR count). The summed E-state index contributed by atoms with van der Waals surface area (Å²) in [5.41, 5.74) is 0.576. The Hall–Kier alpha value is -1.06. The number of carbonyl (C=O) groups is 1. The van der Waals surface area contributed by atoms with E-state index in [1.807, 2.05) is 38.2 Å². The molecule has 98 valence electrons. The topological polar surface area (TPSA) is 32.3 Å². The van der Waals surface area contributed by atoms with Crippen molar-refractivity contribution in [3.05, 3.63) is 34.9 Å². The SMILES string of the molecule is CN(Cc1ccccc1Cl)C(=O)C1(C)CCCN1. The Morgan fingerprint density at radius 2 is 2.22 bits per heavy atom. The molecule has 0 bridgehead atoms. The lowest BCUT2D eigenvalue weighted by atomic mass is 9.98. The van der Waals surface area contributed by atoms with Crippen LogP contribution in [0.4, 0.5) is 0 Å². The summed E-state index contributed by atoms with van der Waals surface area (Å²) in [6.45, 7) is 3.45. The minimum atomic E-state index is -0.407. The van der Waals surface area contributed by atoms with Gasteiger partial charge in [-0.1, -0.05) is 29.8 Å². The summed E-state index contributed by atoms with van der Waals surface area (Å²) in [6.07, 6.45) is 1.96. The average Bonchev–Trinajstić information content (AvgIpc) is 2.79. The first-order chi connectivity index (χ1) is 8.53. The van der Waals surface area contributed by atoms with Crippen molar-refractivity contribution in [3.63, 3.8) is 0 Å². The minimum Gasteiger partial charge on any atom is -0.340 e. The van der Waals surface area contributed by atoms with E-state index in [1.165, 1.54) is 0 Å². The lowest BCUT2D eigenvalue weighted by Crippen LogP contribution is -2.51. The first kappa shape index (κ1) is 13.4. The molecule has 1 aromatic carbocycles. The van der Waals surface area contributed by atoms with Crippen molar-refractivity contribution in [1.82, 2.24) is 10.2 Å². The Morgan fingerprint density at radius 1 is 1.50 bits per heavy atom. The Bertz CT molecular complexity index is 441. The molecule has 1 heterocycles. The number of rotatable bonds is 3. The van der Waals surface area contributed by atoms with Crippen LogP contribution in [0.25, 0.3) is 0 Å². The lowest BCUT2D eigenvalue weighted by Gasteiger charge is -2.29. The van der Waals surface area contributed by atoms with Gasteiger partial charge in [-0.05, 0) is 37.9 Å². The lowest BCUT2D eigenvalue weighted by molar-refractivity contribution is -0.136. The van der Waals surface area contributed by atoms with Crippen LogP contribution in [0.1, 0.15) is 25.3 Å². The van der Waals surface area contributed by atoms with Crippen LogP contribution in [-0.4, -0.2) is 29.9 Å². The second-order valence-corrected chi connectivity index (χ2v) is 5.52. The molecule has 3 nitrogen and oxygen atoms in total. The molecule has 0 aliphatic carbocycles. The molecule has 0 aromatic heterocycles. The number of amides is 1. The monoisotopic (exact) mass is 266 g/mol. The maximum atomic E-state index is 12.4. The molecule has 18 heavy (non-hydrogen) atoms. The van der Waals surface area contributed by atoms with E-state index in [0.29, 0.717) is 11.6 Å². The molecule has 1 N–H and O–H groups in total. The predicted octanol–water partition coefficient (Wildman–Crippen LogP) is 2.44. The van der Waals surface area contributed by atoms with Crippen molar-refractivity contribution < 1.29 is 4.79 Å². The molecule has 0 spiro atoms. The second-order valence-electron chi connectivity index (χ2n) is 5.12. The summed E-state index contributed by atoms with van der Waals surface area (Å²) in [7, 11) is 1.83. The van der Waals surface area contributed by atoms with Crippen molar-refractivity contribution in [2.75, 3.05) is 13.6 Å². The number of likely N-dealkylation sites (N-methyl/N-ethyl adjacent to an activating group) is 1. The van der Waals surface area contributed by atoms with Gasteiger partial charge in [0, 0.05) is 18.6 Å². The Balaban J connectivity index is 2.06. The number of nitrogens with zero attached hydrogens (tertiary/aromatic N) is 1. The van der Waals surface area contributed by atoms with Gasteiger partial charge in [-0.3, -0.25) is 4.79 Å². The zero-order valence-electron chi connectivity index (χ0n) is 10.9. The fourth-order valence-corrected chi connectivity index (χ4v) is 2.65. The van der Waals surface area contributed by atoms with Gasteiger partial charge in [0.25, 0.3) is 0 Å². The van der Waals surface area contributed by atoms with Crippen LogP contribution in [0.2, 0.25) is 5.02 Å². The zero-order valence-corrected chi connectivity index (χ0v) is 11.6. The number of halogens is 1. The molecular weight excluding hydrogens is 248 g/mol. The van der Waals surface area contributed by atoms with Crippen LogP contribution >= 0.6 is 11.6 Å². The van der Waals surface area contributed by atoms with Crippen LogP contribution in [0.15, 0.2) is 24.3 Å². The van der Waals surface area contributed by atoms with Crippen LogP contribution in [0.5, 0.6) is 0 Å². The van der Waals surface area contributed by atoms with E-state index < -0.39 is 5.54 Å². The van der Waals surface area contributed by atoms with E-state index in [-0.39, 0.29) is 5.91 Å². The summed E-state index contributed by atoms with van der Waals surface area (Å²) in [5.74, 6) is 0.139. The van der Waals surface area contributed by atoms with Crippen molar-refractivity contribution in [2.45, 2.75) is 31.8 Å². The molecule has 1 saturated heterocycles. The van der Waals surface area contributed by atoms with Crippen molar-refractivity contribution >= 4 is 17.5 Å². The molecule has 1 aliphatic rings. The molecular formula is C14H19ClN2O. The van der Waals surface area contributed by atoms with Crippen molar-refractivity contribution in [3.8, 4) is 0 Å². The van der Waals surface area contributed by atoms with Crippen LogP contribution in [-0.2, 0) is 11.3 Å². The first-order valence-corrected chi connectivity index (χ1v) is 6.65. The summed E-state index contributed by atoms with van der Waals surface area (Å²) in [4.78, 5) is 14.2. The number of hydrogen-bond donors (Lipinski definition) is 1. The zero-order chi connectivity index (χ0) is 13.2. The Labute approximate surface area is 113 Å². The van der Waals surface area contributed by atoms with Gasteiger partial charge in [0.1, 0.15) is 0 Å². The van der Waals surface area contributed by atoms with E-state index in [9.17, 15) is 4.79 Å². The maximum absolute atomic E-state index is 12.4. The van der Waals surface area contributed by atoms with Gasteiger partial charge in [-0.15, -0.1) is 0 Å². The quantitative estimate of drug-likeness (QED) is 0.911. The Kier molecular flexibility index (Phi) is 3.93. The van der Waals surface area contributed by atoms with E-state index in [1.54, 1.807) is 4.90 Å². The van der Waals surface area contributed by atoms with Crippen molar-refractivity contribution in [2.24, 2.45) is 0 Å². The average molecular weight is 267 g/mol. The highest BCUT2D eigenvalue weighted by atomic mass is 35.5. The van der Waals surface area contributed by atoms with Gasteiger partial charge in [-0.25, -0.2) is 0 Å². The highest BCUT2D eigenvalue weighted by Gasteiger charge is 2.37. The minimum absolute atomic E-state index is 0.139. The standard InChI is InChI=1S/C14H19ClN2O/c1-14(8-5-9-16-14)13(18)17(2)10-11-6-3-4-7-12(11)15/h3-4,6-7,16H,5,8-10H2,1-2H3. The first-order valence-electron chi connectivity index (χ1n) is 6.27. The largest absolute Gasteiger partial charge is 0.340 e. The van der Waals surface area contributed by atoms with Gasteiger partial charge < -0.3 is 10.2 Å². The number of nitrogens with one attached hydrogen (secondary N) is 1. The fourth-order valence-electron chi connectivity index (χ4n) is 2.45. The Morgan fingerprint density at radius 3 is 2.83 bits per heavy atom. The van der Waals surface area contributed by atoms with Crippen LogP contribution in [0.3, 0.4) is 0 Å². The normalized spacial score (nSPS) is 23.1. The van der Waals surface area contributed by atoms with Gasteiger partial charge >= 0.3 is 0 Å². The van der Waals surface area contributed by atoms with Gasteiger partial charge in [0.2, 0.25) is 5.91 Å². The highest BCUT2D eigenvalue weighted by Crippen LogP contribution is 2.23. The van der Waals surface area contributed by atoms with E-state index in [0.717, 1.165) is 24.9 Å². The smallest absolute Gasteiger partial charge is 0.242 e. The third-order valence-corrected chi connectivity index (χ3v) is 3.92. The summed E-state index contributed by atoms with van der Waals surface area (Å²) < 4.78 is 0. The molecule has 1 atom stereocenters. The molecule has 1 fully saturated rings. The third-order valence-electron chi connectivity index (χ3n) is 3.55. The van der Waals surface area contributed by atoms with E-state index >= 15 is 0 Å². The molecule has 1 aromatic rings. The van der Waals surface area contributed by atoms with E-state index in [2.05, 4.69) is 5.32 Å². The third kappa shape index (κ3) is 2.68.